The average molecular weight is 409 g/mol. The van der Waals surface area contributed by atoms with Crippen LogP contribution in [0.1, 0.15) is 13.3 Å². The van der Waals surface area contributed by atoms with Crippen LogP contribution < -0.4 is 4.90 Å². The van der Waals surface area contributed by atoms with Crippen molar-refractivity contribution in [2.24, 2.45) is 10.9 Å². The zero-order valence-corrected chi connectivity index (χ0v) is 16.5. The van der Waals surface area contributed by atoms with Crippen LogP contribution in [-0.2, 0) is 9.53 Å². The number of hydrogen-bond donors (Lipinski definition) is 1. The SMILES string of the molecule is CCC1=CC(=N)C2C(=O)N(c3ccc(-c4cc(F)ccc4F)cc3)CCOC2=NC1. The van der Waals surface area contributed by atoms with E-state index in [-0.39, 0.29) is 29.7 Å². The van der Waals surface area contributed by atoms with Crippen LogP contribution >= 0.6 is 0 Å². The van der Waals surface area contributed by atoms with Gasteiger partial charge >= 0.3 is 0 Å². The molecule has 1 unspecified atom stereocenters. The Kier molecular flexibility index (Phi) is 5.44. The lowest BCUT2D eigenvalue weighted by Gasteiger charge is -2.23. The lowest BCUT2D eigenvalue weighted by Crippen LogP contribution is -2.40. The topological polar surface area (TPSA) is 65.8 Å². The van der Waals surface area contributed by atoms with Crippen LogP contribution in [0.15, 0.2) is 59.1 Å². The lowest BCUT2D eigenvalue weighted by atomic mass is 9.99. The standard InChI is InChI=1S/C23H21F2N3O2/c1-2-14-11-20(26)21-22(27-13-14)30-10-9-28(23(21)29)17-6-3-15(4-7-17)18-12-16(24)5-8-19(18)25/h3-8,11-12,21,26H,2,9-10,13H2,1H3. The van der Waals surface area contributed by atoms with Crippen molar-refractivity contribution in [3.63, 3.8) is 0 Å². The zero-order chi connectivity index (χ0) is 21.3. The summed E-state index contributed by atoms with van der Waals surface area (Å²) >= 11 is 0. The highest BCUT2D eigenvalue weighted by Gasteiger charge is 2.37. The maximum Gasteiger partial charge on any atom is 0.245 e. The number of benzene rings is 2. The quantitative estimate of drug-likeness (QED) is 0.818. The zero-order valence-electron chi connectivity index (χ0n) is 16.5. The van der Waals surface area contributed by atoms with Crippen molar-refractivity contribution in [1.82, 2.24) is 0 Å². The summed E-state index contributed by atoms with van der Waals surface area (Å²) in [6, 6.07) is 9.97. The number of hydrogen-bond acceptors (Lipinski definition) is 4. The van der Waals surface area contributed by atoms with Gasteiger partial charge in [0, 0.05) is 11.3 Å². The Morgan fingerprint density at radius 3 is 2.70 bits per heavy atom. The number of rotatable bonds is 3. The van der Waals surface area contributed by atoms with Gasteiger partial charge in [-0.05, 0) is 54.0 Å². The van der Waals surface area contributed by atoms with Crippen LogP contribution in [0.3, 0.4) is 0 Å². The summed E-state index contributed by atoms with van der Waals surface area (Å²) in [5.41, 5.74) is 2.41. The molecule has 154 valence electrons. The number of aliphatic imine (C=N–C) groups is 1. The molecule has 2 aromatic rings. The van der Waals surface area contributed by atoms with Crippen LogP contribution in [0.4, 0.5) is 14.5 Å². The molecule has 2 aliphatic heterocycles. The van der Waals surface area contributed by atoms with Gasteiger partial charge in [0.25, 0.3) is 0 Å². The first-order valence-electron chi connectivity index (χ1n) is 9.80. The molecule has 1 fully saturated rings. The van der Waals surface area contributed by atoms with Gasteiger partial charge in [-0.15, -0.1) is 0 Å². The molecule has 7 heteroatoms. The molecule has 0 bridgehead atoms. The number of halogens is 2. The van der Waals surface area contributed by atoms with Crippen molar-refractivity contribution >= 4 is 23.2 Å². The lowest BCUT2D eigenvalue weighted by molar-refractivity contribution is -0.118. The van der Waals surface area contributed by atoms with E-state index < -0.39 is 17.6 Å². The summed E-state index contributed by atoms with van der Waals surface area (Å²) in [5.74, 6) is -1.92. The third-order valence-corrected chi connectivity index (χ3v) is 5.31. The second-order valence-electron chi connectivity index (χ2n) is 7.21. The Bertz CT molecular complexity index is 1060. The first-order valence-corrected chi connectivity index (χ1v) is 9.80. The number of amides is 1. The first kappa shape index (κ1) is 19.9. The molecule has 1 saturated heterocycles. The summed E-state index contributed by atoms with van der Waals surface area (Å²) in [5, 5.41) is 8.40. The molecule has 2 aromatic carbocycles. The highest BCUT2D eigenvalue weighted by molar-refractivity contribution is 6.26. The third kappa shape index (κ3) is 3.75. The molecule has 0 spiro atoms. The maximum atomic E-state index is 14.1. The normalized spacial score (nSPS) is 19.3. The molecule has 0 aromatic heterocycles. The molecule has 5 nitrogen and oxygen atoms in total. The van der Waals surface area contributed by atoms with Gasteiger partial charge in [0.2, 0.25) is 11.8 Å². The fourth-order valence-electron chi connectivity index (χ4n) is 3.64. The second kappa shape index (κ2) is 8.18. The van der Waals surface area contributed by atoms with Gasteiger partial charge < -0.3 is 15.0 Å². The van der Waals surface area contributed by atoms with Crippen molar-refractivity contribution in [3.8, 4) is 11.1 Å². The van der Waals surface area contributed by atoms with Gasteiger partial charge in [-0.2, -0.15) is 0 Å². The molecule has 2 heterocycles. The number of carbonyl (C=O) groups is 1. The molecule has 2 aliphatic rings. The fourth-order valence-corrected chi connectivity index (χ4v) is 3.64. The fraction of sp³-hybridized carbons (Fsp3) is 0.261. The Labute approximate surface area is 173 Å². The van der Waals surface area contributed by atoms with Gasteiger partial charge in [-0.3, -0.25) is 9.79 Å². The van der Waals surface area contributed by atoms with E-state index >= 15 is 0 Å². The minimum absolute atomic E-state index is 0.157. The van der Waals surface area contributed by atoms with Crippen molar-refractivity contribution in [2.45, 2.75) is 13.3 Å². The molecule has 0 aliphatic carbocycles. The Balaban J connectivity index is 1.64. The Morgan fingerprint density at radius 2 is 1.97 bits per heavy atom. The number of nitrogens with one attached hydrogen (secondary N) is 1. The number of ether oxygens (including phenoxy) is 1. The largest absolute Gasteiger partial charge is 0.478 e. The maximum absolute atomic E-state index is 14.1. The third-order valence-electron chi connectivity index (χ3n) is 5.31. The highest BCUT2D eigenvalue weighted by Crippen LogP contribution is 2.28. The number of carbonyl (C=O) groups excluding carboxylic acids is 1. The van der Waals surface area contributed by atoms with Crippen molar-refractivity contribution in [2.75, 3.05) is 24.6 Å². The molecule has 0 radical (unpaired) electrons. The number of fused-ring (bicyclic) bond motifs is 1. The Morgan fingerprint density at radius 1 is 1.20 bits per heavy atom. The van der Waals surface area contributed by atoms with Crippen LogP contribution in [0.5, 0.6) is 0 Å². The predicted molar refractivity (Wildman–Crippen MR) is 112 cm³/mol. The minimum Gasteiger partial charge on any atom is -0.478 e. The molecular weight excluding hydrogens is 388 g/mol. The molecular formula is C23H21F2N3O2. The summed E-state index contributed by atoms with van der Waals surface area (Å²) in [6.45, 7) is 2.97. The first-order chi connectivity index (χ1) is 14.5. The summed E-state index contributed by atoms with van der Waals surface area (Å²) in [6.07, 6.45) is 2.46. The Hall–Kier alpha value is -3.35. The number of nitrogens with zero attached hydrogens (tertiary/aromatic N) is 2. The van der Waals surface area contributed by atoms with Crippen LogP contribution in [0, 0.1) is 23.0 Å². The van der Waals surface area contributed by atoms with E-state index in [0.717, 1.165) is 30.2 Å². The molecule has 1 amide bonds. The van der Waals surface area contributed by atoms with Crippen molar-refractivity contribution in [3.05, 3.63) is 65.7 Å². The molecule has 1 atom stereocenters. The van der Waals surface area contributed by atoms with E-state index in [9.17, 15) is 13.6 Å². The van der Waals surface area contributed by atoms with E-state index in [1.54, 1.807) is 35.2 Å². The van der Waals surface area contributed by atoms with Crippen LogP contribution in [-0.4, -0.2) is 37.2 Å². The summed E-state index contributed by atoms with van der Waals surface area (Å²) in [4.78, 5) is 19.3. The summed E-state index contributed by atoms with van der Waals surface area (Å²) < 4.78 is 33.3. The van der Waals surface area contributed by atoms with E-state index in [0.29, 0.717) is 24.3 Å². The predicted octanol–water partition coefficient (Wildman–Crippen LogP) is 4.38. The molecule has 4 rings (SSSR count). The molecule has 0 saturated carbocycles. The summed E-state index contributed by atoms with van der Waals surface area (Å²) in [7, 11) is 0. The van der Waals surface area contributed by atoms with Gasteiger partial charge in [-0.25, -0.2) is 8.78 Å². The van der Waals surface area contributed by atoms with Gasteiger partial charge in [-0.1, -0.05) is 19.1 Å². The highest BCUT2D eigenvalue weighted by atomic mass is 19.1. The molecule has 1 N–H and O–H groups in total. The van der Waals surface area contributed by atoms with E-state index in [2.05, 4.69) is 4.99 Å². The van der Waals surface area contributed by atoms with E-state index in [1.807, 2.05) is 6.92 Å². The van der Waals surface area contributed by atoms with Gasteiger partial charge in [0.1, 0.15) is 18.2 Å². The monoisotopic (exact) mass is 409 g/mol. The number of allylic oxidation sites excluding steroid dienone is 1. The second-order valence-corrected chi connectivity index (χ2v) is 7.21. The average Bonchev–Trinajstić information content (AvgIpc) is 3.01. The van der Waals surface area contributed by atoms with Crippen LogP contribution in [0.2, 0.25) is 0 Å². The number of anilines is 1. The van der Waals surface area contributed by atoms with Gasteiger partial charge in [0.15, 0.2) is 5.92 Å². The van der Waals surface area contributed by atoms with Crippen molar-refractivity contribution < 1.29 is 18.3 Å². The van der Waals surface area contributed by atoms with Gasteiger partial charge in [0.05, 0.1) is 18.8 Å². The smallest absolute Gasteiger partial charge is 0.245 e. The van der Waals surface area contributed by atoms with Crippen LogP contribution in [0.25, 0.3) is 11.1 Å². The van der Waals surface area contributed by atoms with E-state index in [4.69, 9.17) is 10.1 Å². The minimum atomic E-state index is -0.878. The van der Waals surface area contributed by atoms with E-state index in [1.165, 1.54) is 0 Å². The molecule has 30 heavy (non-hydrogen) atoms. The van der Waals surface area contributed by atoms with Crippen molar-refractivity contribution in [1.29, 1.82) is 5.41 Å².